The molecule has 1 aromatic heterocycles. The molecule has 1 fully saturated rings. The van der Waals surface area contributed by atoms with Crippen LogP contribution in [0.3, 0.4) is 0 Å². The van der Waals surface area contributed by atoms with Crippen LogP contribution in [0.1, 0.15) is 35.1 Å². The Bertz CT molecular complexity index is 866. The second-order valence-corrected chi connectivity index (χ2v) is 7.75. The lowest BCUT2D eigenvalue weighted by Crippen LogP contribution is -2.52. The fourth-order valence-electron chi connectivity index (χ4n) is 3.78. The van der Waals surface area contributed by atoms with Gasteiger partial charge in [0, 0.05) is 51.4 Å². The summed E-state index contributed by atoms with van der Waals surface area (Å²) >= 11 is 0. The summed E-state index contributed by atoms with van der Waals surface area (Å²) in [6.45, 7) is 10.9. The van der Waals surface area contributed by atoms with E-state index in [0.717, 1.165) is 68.2 Å². The van der Waals surface area contributed by atoms with Crippen LogP contribution < -0.4 is 5.32 Å². The number of nitrogens with zero attached hydrogens (tertiary/aromatic N) is 4. The lowest BCUT2D eigenvalue weighted by Gasteiger charge is -2.36. The average Bonchev–Trinajstić information content (AvgIpc) is 3.05. The zero-order valence-corrected chi connectivity index (χ0v) is 18.3. The number of aryl methyl sites for hydroxylation is 2. The molecule has 1 aromatic carbocycles. The van der Waals surface area contributed by atoms with E-state index in [-0.39, 0.29) is 0 Å². The van der Waals surface area contributed by atoms with Gasteiger partial charge in [-0.2, -0.15) is 13.2 Å². The highest BCUT2D eigenvalue weighted by Gasteiger charge is 2.30. The van der Waals surface area contributed by atoms with Gasteiger partial charge in [-0.3, -0.25) is 9.89 Å². The van der Waals surface area contributed by atoms with Crippen molar-refractivity contribution in [3.05, 3.63) is 52.4 Å². The first kappa shape index (κ1) is 23.1. The minimum atomic E-state index is -4.31. The number of hydrogen-bond donors (Lipinski definition) is 1. The molecule has 0 aliphatic carbocycles. The molecule has 0 bridgehead atoms. The molecule has 2 aromatic rings. The molecule has 0 spiro atoms. The van der Waals surface area contributed by atoms with Crippen LogP contribution in [0.25, 0.3) is 0 Å². The Balaban J connectivity index is 1.55. The molecule has 170 valence electrons. The zero-order valence-electron chi connectivity index (χ0n) is 18.3. The van der Waals surface area contributed by atoms with Gasteiger partial charge in [0.15, 0.2) is 5.96 Å². The van der Waals surface area contributed by atoms with Gasteiger partial charge in [-0.05, 0) is 38.8 Å². The lowest BCUT2D eigenvalue weighted by molar-refractivity contribution is -0.137. The van der Waals surface area contributed by atoms with E-state index >= 15 is 0 Å². The van der Waals surface area contributed by atoms with Crippen molar-refractivity contribution in [2.45, 2.75) is 39.9 Å². The third-order valence-corrected chi connectivity index (χ3v) is 5.47. The highest BCUT2D eigenvalue weighted by molar-refractivity contribution is 5.80. The first-order chi connectivity index (χ1) is 14.8. The van der Waals surface area contributed by atoms with Gasteiger partial charge in [-0.25, -0.2) is 0 Å². The normalized spacial score (nSPS) is 16.1. The van der Waals surface area contributed by atoms with Gasteiger partial charge in [0.2, 0.25) is 0 Å². The summed E-state index contributed by atoms with van der Waals surface area (Å²) in [5.41, 5.74) is 2.10. The van der Waals surface area contributed by atoms with Crippen LogP contribution in [0, 0.1) is 13.8 Å². The van der Waals surface area contributed by atoms with Crippen LogP contribution in [0.15, 0.2) is 33.8 Å². The van der Waals surface area contributed by atoms with E-state index in [1.165, 1.54) is 12.1 Å². The molecule has 1 aliphatic heterocycles. The Morgan fingerprint density at radius 2 is 1.94 bits per heavy atom. The summed E-state index contributed by atoms with van der Waals surface area (Å²) < 4.78 is 44.0. The Morgan fingerprint density at radius 3 is 2.55 bits per heavy atom. The Kier molecular flexibility index (Phi) is 7.59. The summed E-state index contributed by atoms with van der Waals surface area (Å²) in [6.07, 6.45) is -3.54. The number of nitrogens with one attached hydrogen (secondary N) is 1. The minimum Gasteiger partial charge on any atom is -0.361 e. The van der Waals surface area contributed by atoms with Gasteiger partial charge in [-0.1, -0.05) is 23.4 Å². The standard InChI is InChI=1S/C22H30F3N5O/c1-4-26-21(27-9-8-20-16(2)28-31-17(20)3)30-12-10-29(11-13-30)15-18-6-5-7-19(14-18)22(23,24)25/h5-7,14H,4,8-13,15H2,1-3H3,(H,26,27). The van der Waals surface area contributed by atoms with Gasteiger partial charge in [0.25, 0.3) is 0 Å². The molecule has 3 rings (SSSR count). The summed E-state index contributed by atoms with van der Waals surface area (Å²) in [7, 11) is 0. The second kappa shape index (κ2) is 10.2. The van der Waals surface area contributed by atoms with E-state index in [0.29, 0.717) is 18.7 Å². The topological polar surface area (TPSA) is 56.9 Å². The van der Waals surface area contributed by atoms with E-state index < -0.39 is 11.7 Å². The van der Waals surface area contributed by atoms with Gasteiger partial charge in [-0.15, -0.1) is 0 Å². The van der Waals surface area contributed by atoms with E-state index in [1.807, 2.05) is 20.8 Å². The van der Waals surface area contributed by atoms with Crippen molar-refractivity contribution < 1.29 is 17.7 Å². The van der Waals surface area contributed by atoms with E-state index in [9.17, 15) is 13.2 Å². The Hall–Kier alpha value is -2.55. The van der Waals surface area contributed by atoms with E-state index in [4.69, 9.17) is 9.52 Å². The second-order valence-electron chi connectivity index (χ2n) is 7.75. The predicted molar refractivity (Wildman–Crippen MR) is 114 cm³/mol. The number of halogens is 3. The molecule has 2 heterocycles. The van der Waals surface area contributed by atoms with Crippen LogP contribution in [0.4, 0.5) is 13.2 Å². The maximum Gasteiger partial charge on any atom is 0.416 e. The van der Waals surface area contributed by atoms with Crippen LogP contribution in [0.5, 0.6) is 0 Å². The van der Waals surface area contributed by atoms with Gasteiger partial charge >= 0.3 is 6.18 Å². The van der Waals surface area contributed by atoms with Crippen molar-refractivity contribution in [3.63, 3.8) is 0 Å². The van der Waals surface area contributed by atoms with Gasteiger partial charge in [0.1, 0.15) is 5.76 Å². The third-order valence-electron chi connectivity index (χ3n) is 5.47. The molecule has 9 heteroatoms. The maximum atomic E-state index is 12.9. The van der Waals surface area contributed by atoms with Crippen molar-refractivity contribution in [2.24, 2.45) is 4.99 Å². The summed E-state index contributed by atoms with van der Waals surface area (Å²) in [5.74, 6) is 1.70. The summed E-state index contributed by atoms with van der Waals surface area (Å²) in [5, 5.41) is 7.33. The molecule has 0 saturated carbocycles. The van der Waals surface area contributed by atoms with Crippen LogP contribution >= 0.6 is 0 Å². The maximum absolute atomic E-state index is 12.9. The average molecular weight is 438 g/mol. The Labute approximate surface area is 181 Å². The number of aliphatic imine (C=N–C) groups is 1. The molecule has 0 atom stereocenters. The van der Waals surface area contributed by atoms with Gasteiger partial charge in [0.05, 0.1) is 11.3 Å². The molecular weight excluding hydrogens is 407 g/mol. The summed E-state index contributed by atoms with van der Waals surface area (Å²) in [4.78, 5) is 9.15. The predicted octanol–water partition coefficient (Wildman–Crippen LogP) is 3.64. The fraction of sp³-hybridized carbons (Fsp3) is 0.545. The molecular formula is C22H30F3N5O. The number of aromatic nitrogens is 1. The SMILES string of the molecule is CCNC(=NCCc1c(C)noc1C)N1CCN(Cc2cccc(C(F)(F)F)c2)CC1. The number of piperazine rings is 1. The first-order valence-electron chi connectivity index (χ1n) is 10.6. The lowest BCUT2D eigenvalue weighted by atomic mass is 10.1. The number of rotatable bonds is 6. The molecule has 0 unspecified atom stereocenters. The van der Waals surface area contributed by atoms with Gasteiger partial charge < -0.3 is 14.7 Å². The van der Waals surface area contributed by atoms with E-state index in [1.54, 1.807) is 6.07 Å². The quantitative estimate of drug-likeness (QED) is 0.553. The van der Waals surface area contributed by atoms with Crippen molar-refractivity contribution in [1.82, 2.24) is 20.3 Å². The van der Waals surface area contributed by atoms with Crippen molar-refractivity contribution in [1.29, 1.82) is 0 Å². The first-order valence-corrected chi connectivity index (χ1v) is 10.6. The smallest absolute Gasteiger partial charge is 0.361 e. The van der Waals surface area contributed by atoms with Crippen LogP contribution in [-0.4, -0.2) is 60.2 Å². The van der Waals surface area contributed by atoms with Crippen molar-refractivity contribution in [2.75, 3.05) is 39.3 Å². The fourth-order valence-corrected chi connectivity index (χ4v) is 3.78. The Morgan fingerprint density at radius 1 is 1.19 bits per heavy atom. The molecule has 0 radical (unpaired) electrons. The molecule has 31 heavy (non-hydrogen) atoms. The molecule has 0 amide bonds. The molecule has 1 N–H and O–H groups in total. The largest absolute Gasteiger partial charge is 0.416 e. The number of benzene rings is 1. The number of hydrogen-bond acceptors (Lipinski definition) is 4. The van der Waals surface area contributed by atoms with E-state index in [2.05, 4.69) is 20.3 Å². The summed E-state index contributed by atoms with van der Waals surface area (Å²) in [6, 6.07) is 5.58. The zero-order chi connectivity index (χ0) is 22.4. The third kappa shape index (κ3) is 6.22. The van der Waals surface area contributed by atoms with Crippen molar-refractivity contribution in [3.8, 4) is 0 Å². The van der Waals surface area contributed by atoms with Crippen molar-refractivity contribution >= 4 is 5.96 Å². The highest BCUT2D eigenvalue weighted by Crippen LogP contribution is 2.29. The van der Waals surface area contributed by atoms with Crippen LogP contribution in [-0.2, 0) is 19.1 Å². The monoisotopic (exact) mass is 437 g/mol. The highest BCUT2D eigenvalue weighted by atomic mass is 19.4. The molecule has 1 saturated heterocycles. The molecule has 1 aliphatic rings. The number of alkyl halides is 3. The number of guanidine groups is 1. The molecule has 6 nitrogen and oxygen atoms in total. The minimum absolute atomic E-state index is 0.511. The van der Waals surface area contributed by atoms with Crippen LogP contribution in [0.2, 0.25) is 0 Å².